The normalized spacial score (nSPS) is 11.3. The molecule has 0 amide bonds. The Balaban J connectivity index is 1.82. The second-order valence-electron chi connectivity index (χ2n) is 6.12. The first-order valence-corrected chi connectivity index (χ1v) is 8.72. The number of rotatable bonds is 3. The summed E-state index contributed by atoms with van der Waals surface area (Å²) in [4.78, 5) is 4.65. The van der Waals surface area contributed by atoms with E-state index in [9.17, 15) is 0 Å². The SMILES string of the molecule is COc1ccc(-n2cc(-c3ccc(Cl)cc3)c3c2ncn2cnnc32)cc1. The first-order chi connectivity index (χ1) is 13.2. The number of hydrogen-bond donors (Lipinski definition) is 0. The van der Waals surface area contributed by atoms with Crippen molar-refractivity contribution in [2.75, 3.05) is 7.11 Å². The Bertz CT molecular complexity index is 1260. The van der Waals surface area contributed by atoms with Crippen molar-refractivity contribution < 1.29 is 4.74 Å². The Kier molecular flexibility index (Phi) is 3.58. The van der Waals surface area contributed by atoms with Gasteiger partial charge >= 0.3 is 0 Å². The molecular weight excluding hydrogens is 362 g/mol. The molecule has 0 bridgehead atoms. The summed E-state index contributed by atoms with van der Waals surface area (Å²) >= 11 is 6.07. The van der Waals surface area contributed by atoms with Gasteiger partial charge in [0.2, 0.25) is 0 Å². The van der Waals surface area contributed by atoms with Gasteiger partial charge in [-0.3, -0.25) is 4.40 Å². The van der Waals surface area contributed by atoms with Gasteiger partial charge in [-0.2, -0.15) is 0 Å². The van der Waals surface area contributed by atoms with Gasteiger partial charge in [-0.25, -0.2) is 4.98 Å². The maximum absolute atomic E-state index is 6.07. The Hall–Kier alpha value is -3.38. The predicted octanol–water partition coefficient (Wildman–Crippen LogP) is 4.40. The van der Waals surface area contributed by atoms with E-state index >= 15 is 0 Å². The Morgan fingerprint density at radius 2 is 1.70 bits per heavy atom. The van der Waals surface area contributed by atoms with Crippen molar-refractivity contribution >= 4 is 28.3 Å². The van der Waals surface area contributed by atoms with Crippen LogP contribution in [0, 0.1) is 0 Å². The standard InChI is InChI=1S/C20H14ClN5O/c1-27-16-8-6-15(7-9-16)26-10-17(13-2-4-14(21)5-3-13)18-19(26)22-11-25-12-23-24-20(18)25/h2-12H,1H3. The van der Waals surface area contributed by atoms with Crippen LogP contribution in [-0.2, 0) is 0 Å². The first-order valence-electron chi connectivity index (χ1n) is 8.34. The molecule has 2 aromatic carbocycles. The number of methoxy groups -OCH3 is 1. The fraction of sp³-hybridized carbons (Fsp3) is 0.0500. The highest BCUT2D eigenvalue weighted by molar-refractivity contribution is 6.30. The van der Waals surface area contributed by atoms with Crippen LogP contribution in [0.25, 0.3) is 33.5 Å². The van der Waals surface area contributed by atoms with Gasteiger partial charge in [-0.1, -0.05) is 23.7 Å². The van der Waals surface area contributed by atoms with E-state index < -0.39 is 0 Å². The number of aromatic nitrogens is 5. The predicted molar refractivity (Wildman–Crippen MR) is 105 cm³/mol. The number of ether oxygens (including phenoxy) is 1. The van der Waals surface area contributed by atoms with Gasteiger partial charge in [0.1, 0.15) is 18.4 Å². The molecule has 5 rings (SSSR count). The zero-order valence-corrected chi connectivity index (χ0v) is 15.1. The molecule has 5 aromatic rings. The van der Waals surface area contributed by atoms with Gasteiger partial charge < -0.3 is 9.30 Å². The second kappa shape index (κ2) is 6.10. The number of halogens is 1. The summed E-state index contributed by atoms with van der Waals surface area (Å²) in [5.41, 5.74) is 4.61. The summed E-state index contributed by atoms with van der Waals surface area (Å²) < 4.78 is 9.14. The molecule has 0 fully saturated rings. The minimum atomic E-state index is 0.698. The van der Waals surface area contributed by atoms with Crippen molar-refractivity contribution in [3.63, 3.8) is 0 Å². The average molecular weight is 376 g/mol. The summed E-state index contributed by atoms with van der Waals surface area (Å²) in [6.45, 7) is 0. The third kappa shape index (κ3) is 2.53. The van der Waals surface area contributed by atoms with Crippen LogP contribution in [0.3, 0.4) is 0 Å². The second-order valence-corrected chi connectivity index (χ2v) is 6.56. The quantitative estimate of drug-likeness (QED) is 0.469. The number of nitrogens with zero attached hydrogens (tertiary/aromatic N) is 5. The van der Waals surface area contributed by atoms with Crippen molar-refractivity contribution in [3.8, 4) is 22.6 Å². The van der Waals surface area contributed by atoms with Crippen LogP contribution in [0.15, 0.2) is 67.4 Å². The third-order valence-electron chi connectivity index (χ3n) is 4.59. The topological polar surface area (TPSA) is 57.2 Å². The molecule has 0 saturated carbocycles. The van der Waals surface area contributed by atoms with Gasteiger partial charge in [0, 0.05) is 22.5 Å². The molecule has 0 radical (unpaired) electrons. The molecule has 0 spiro atoms. The summed E-state index contributed by atoms with van der Waals surface area (Å²) in [5.74, 6) is 0.806. The molecule has 0 aliphatic carbocycles. The lowest BCUT2D eigenvalue weighted by atomic mass is 10.1. The maximum Gasteiger partial charge on any atom is 0.173 e. The van der Waals surface area contributed by atoms with Crippen LogP contribution < -0.4 is 4.74 Å². The molecule has 7 heteroatoms. The number of benzene rings is 2. The molecule has 0 unspecified atom stereocenters. The Morgan fingerprint density at radius 3 is 2.44 bits per heavy atom. The maximum atomic E-state index is 6.07. The van der Waals surface area contributed by atoms with E-state index in [2.05, 4.69) is 21.4 Å². The van der Waals surface area contributed by atoms with Crippen molar-refractivity contribution in [2.24, 2.45) is 0 Å². The van der Waals surface area contributed by atoms with Gasteiger partial charge in [-0.05, 0) is 42.0 Å². The van der Waals surface area contributed by atoms with Crippen molar-refractivity contribution in [3.05, 3.63) is 72.4 Å². The minimum Gasteiger partial charge on any atom is -0.497 e. The van der Waals surface area contributed by atoms with Crippen LogP contribution in [0.2, 0.25) is 5.02 Å². The molecule has 0 aliphatic heterocycles. The van der Waals surface area contributed by atoms with Crippen LogP contribution in [0.1, 0.15) is 0 Å². The summed E-state index contributed by atoms with van der Waals surface area (Å²) in [6.07, 6.45) is 5.44. The molecule has 0 saturated heterocycles. The Morgan fingerprint density at radius 1 is 0.926 bits per heavy atom. The van der Waals surface area contributed by atoms with E-state index in [0.29, 0.717) is 5.02 Å². The molecule has 132 valence electrons. The average Bonchev–Trinajstić information content (AvgIpc) is 3.33. The highest BCUT2D eigenvalue weighted by Gasteiger charge is 2.17. The molecule has 3 aromatic heterocycles. The van der Waals surface area contributed by atoms with Crippen molar-refractivity contribution in [1.29, 1.82) is 0 Å². The molecular formula is C20H14ClN5O. The lowest BCUT2D eigenvalue weighted by molar-refractivity contribution is 0.415. The smallest absolute Gasteiger partial charge is 0.173 e. The van der Waals surface area contributed by atoms with Crippen molar-refractivity contribution in [1.82, 2.24) is 24.1 Å². The molecule has 3 heterocycles. The summed E-state index contributed by atoms with van der Waals surface area (Å²) in [5, 5.41) is 9.97. The third-order valence-corrected chi connectivity index (χ3v) is 4.84. The monoisotopic (exact) mass is 375 g/mol. The van der Waals surface area contributed by atoms with E-state index in [4.69, 9.17) is 16.3 Å². The number of fused-ring (bicyclic) bond motifs is 3. The highest BCUT2D eigenvalue weighted by Crippen LogP contribution is 2.34. The molecule has 0 N–H and O–H groups in total. The first kappa shape index (κ1) is 15.8. The highest BCUT2D eigenvalue weighted by atomic mass is 35.5. The van der Waals surface area contributed by atoms with Crippen LogP contribution in [0.5, 0.6) is 5.75 Å². The minimum absolute atomic E-state index is 0.698. The fourth-order valence-corrected chi connectivity index (χ4v) is 3.38. The van der Waals surface area contributed by atoms with Gasteiger partial charge in [0.25, 0.3) is 0 Å². The molecule has 27 heavy (non-hydrogen) atoms. The molecule has 0 atom stereocenters. The largest absolute Gasteiger partial charge is 0.497 e. The lowest BCUT2D eigenvalue weighted by Gasteiger charge is -2.06. The van der Waals surface area contributed by atoms with Crippen LogP contribution >= 0.6 is 11.6 Å². The zero-order valence-electron chi connectivity index (χ0n) is 14.4. The van der Waals surface area contributed by atoms with Crippen LogP contribution in [0.4, 0.5) is 0 Å². The van der Waals surface area contributed by atoms with Crippen LogP contribution in [-0.4, -0.2) is 31.3 Å². The zero-order chi connectivity index (χ0) is 18.4. The molecule has 6 nitrogen and oxygen atoms in total. The van der Waals surface area contributed by atoms with E-state index in [-0.39, 0.29) is 0 Å². The Labute approximate surface area is 159 Å². The fourth-order valence-electron chi connectivity index (χ4n) is 3.25. The van der Waals surface area contributed by atoms with E-state index in [1.807, 2.05) is 57.5 Å². The van der Waals surface area contributed by atoms with Gasteiger partial charge in [0.15, 0.2) is 11.3 Å². The summed E-state index contributed by atoms with van der Waals surface area (Å²) in [7, 11) is 1.66. The van der Waals surface area contributed by atoms with E-state index in [1.54, 1.807) is 19.8 Å². The van der Waals surface area contributed by atoms with E-state index in [0.717, 1.165) is 39.2 Å². The number of hydrogen-bond acceptors (Lipinski definition) is 4. The lowest BCUT2D eigenvalue weighted by Crippen LogP contribution is -1.95. The van der Waals surface area contributed by atoms with Gasteiger partial charge in [-0.15, -0.1) is 10.2 Å². The molecule has 0 aliphatic rings. The van der Waals surface area contributed by atoms with Crippen molar-refractivity contribution in [2.45, 2.75) is 0 Å². The van der Waals surface area contributed by atoms with E-state index in [1.165, 1.54) is 0 Å². The summed E-state index contributed by atoms with van der Waals surface area (Å²) in [6, 6.07) is 15.6. The van der Waals surface area contributed by atoms with Gasteiger partial charge in [0.05, 0.1) is 12.5 Å².